The van der Waals surface area contributed by atoms with Gasteiger partial charge in [0.05, 0.1) is 31.2 Å². The zero-order valence-electron chi connectivity index (χ0n) is 16.8. The lowest BCUT2D eigenvalue weighted by Crippen LogP contribution is -2.61. The molecule has 9 heteroatoms. The number of nitrogens with zero attached hydrogens (tertiary/aromatic N) is 2. The van der Waals surface area contributed by atoms with Crippen LogP contribution in [0.4, 0.5) is 0 Å². The van der Waals surface area contributed by atoms with Gasteiger partial charge in [0.25, 0.3) is 0 Å². The van der Waals surface area contributed by atoms with Gasteiger partial charge in [-0.05, 0) is 30.0 Å². The van der Waals surface area contributed by atoms with E-state index in [-0.39, 0.29) is 30.0 Å². The number of carbonyl (C=O) groups is 3. The van der Waals surface area contributed by atoms with E-state index in [0.717, 1.165) is 5.56 Å². The van der Waals surface area contributed by atoms with Crippen molar-refractivity contribution in [3.05, 3.63) is 53.1 Å². The number of carbonyl (C=O) groups excluding carboxylic acids is 2. The molecule has 3 aliphatic heterocycles. The Morgan fingerprint density at radius 2 is 2.13 bits per heavy atom. The van der Waals surface area contributed by atoms with Gasteiger partial charge in [-0.15, -0.1) is 0 Å². The molecule has 1 aromatic rings. The highest BCUT2D eigenvalue weighted by molar-refractivity contribution is 6.06. The van der Waals surface area contributed by atoms with Crippen LogP contribution in [0.1, 0.15) is 24.5 Å². The van der Waals surface area contributed by atoms with Crippen molar-refractivity contribution in [1.82, 2.24) is 20.4 Å². The molecule has 1 saturated heterocycles. The molecule has 0 aliphatic carbocycles. The summed E-state index contributed by atoms with van der Waals surface area (Å²) in [5, 5.41) is 25.4. The van der Waals surface area contributed by atoms with Crippen molar-refractivity contribution >= 4 is 23.4 Å². The van der Waals surface area contributed by atoms with E-state index in [1.54, 1.807) is 37.4 Å². The third kappa shape index (κ3) is 3.41. The van der Waals surface area contributed by atoms with Crippen molar-refractivity contribution in [1.29, 1.82) is 0 Å². The summed E-state index contributed by atoms with van der Waals surface area (Å²) < 4.78 is 0. The van der Waals surface area contributed by atoms with Crippen LogP contribution in [0.3, 0.4) is 0 Å². The highest BCUT2D eigenvalue weighted by Gasteiger charge is 2.56. The Kier molecular flexibility index (Phi) is 4.98. The summed E-state index contributed by atoms with van der Waals surface area (Å²) in [7, 11) is 1.89. The van der Waals surface area contributed by atoms with Gasteiger partial charge >= 0.3 is 5.97 Å². The van der Waals surface area contributed by atoms with E-state index in [9.17, 15) is 24.6 Å². The van der Waals surface area contributed by atoms with E-state index in [4.69, 9.17) is 0 Å². The number of aliphatic hydroxyl groups is 1. The molecule has 30 heavy (non-hydrogen) atoms. The summed E-state index contributed by atoms with van der Waals surface area (Å²) in [6.07, 6.45) is 1.47. The average molecular weight is 412 g/mol. The summed E-state index contributed by atoms with van der Waals surface area (Å²) >= 11 is 0. The first-order valence-electron chi connectivity index (χ1n) is 9.79. The number of rotatable bonds is 6. The highest BCUT2D eigenvalue weighted by atomic mass is 16.4. The van der Waals surface area contributed by atoms with Gasteiger partial charge < -0.3 is 30.6 Å². The predicted molar refractivity (Wildman–Crippen MR) is 107 cm³/mol. The van der Waals surface area contributed by atoms with Gasteiger partial charge in [-0.1, -0.05) is 24.3 Å². The van der Waals surface area contributed by atoms with Crippen LogP contribution in [0.2, 0.25) is 0 Å². The summed E-state index contributed by atoms with van der Waals surface area (Å²) in [6.45, 7) is 2.17. The first-order chi connectivity index (χ1) is 14.3. The number of aliphatic carboxylic acids is 1. The molecule has 2 amide bonds. The van der Waals surface area contributed by atoms with Crippen molar-refractivity contribution in [2.24, 2.45) is 5.92 Å². The second-order valence-corrected chi connectivity index (χ2v) is 7.94. The minimum Gasteiger partial charge on any atom is -0.477 e. The van der Waals surface area contributed by atoms with Gasteiger partial charge in [0.2, 0.25) is 11.8 Å². The molecule has 9 nitrogen and oxygen atoms in total. The van der Waals surface area contributed by atoms with E-state index in [1.807, 2.05) is 11.9 Å². The predicted octanol–water partition coefficient (Wildman–Crippen LogP) is 0.0439. The van der Waals surface area contributed by atoms with Crippen molar-refractivity contribution in [3.8, 4) is 0 Å². The van der Waals surface area contributed by atoms with Crippen LogP contribution in [0.5, 0.6) is 0 Å². The van der Waals surface area contributed by atoms with E-state index < -0.39 is 18.0 Å². The Labute approximate surface area is 173 Å². The Morgan fingerprint density at radius 3 is 2.77 bits per heavy atom. The van der Waals surface area contributed by atoms with Crippen LogP contribution < -0.4 is 10.6 Å². The summed E-state index contributed by atoms with van der Waals surface area (Å²) in [6, 6.07) is 6.80. The number of fused-ring (bicyclic) bond motifs is 1. The van der Waals surface area contributed by atoms with E-state index in [2.05, 4.69) is 10.6 Å². The standard InChI is InChI=1S/C21H24N4O5/c1-11(26)18-15-8-14(19(21(29)30)25(15)20(18)28)13-5-3-4-12(6-13)7-17(27)23-16-9-24(2)10-22-16/h3-6,9,11,15,18,22,26H,7-8,10H2,1-2H3,(H,23,27)(H,29,30)/t11-,15-,18-/m1/s1. The lowest BCUT2D eigenvalue weighted by atomic mass is 9.82. The van der Waals surface area contributed by atoms with E-state index in [0.29, 0.717) is 30.0 Å². The maximum Gasteiger partial charge on any atom is 0.352 e. The van der Waals surface area contributed by atoms with Gasteiger partial charge in [-0.2, -0.15) is 0 Å². The maximum atomic E-state index is 12.4. The minimum atomic E-state index is -1.17. The van der Waals surface area contributed by atoms with E-state index in [1.165, 1.54) is 4.90 Å². The van der Waals surface area contributed by atoms with Gasteiger partial charge in [-0.25, -0.2) is 4.79 Å². The number of amides is 2. The molecular weight excluding hydrogens is 388 g/mol. The molecule has 4 N–H and O–H groups in total. The number of aliphatic hydroxyl groups excluding tert-OH is 1. The lowest BCUT2D eigenvalue weighted by Gasteiger charge is -2.44. The molecule has 0 radical (unpaired) electrons. The first kappa shape index (κ1) is 20.0. The lowest BCUT2D eigenvalue weighted by molar-refractivity contribution is -0.161. The second-order valence-electron chi connectivity index (χ2n) is 7.94. The third-order valence-electron chi connectivity index (χ3n) is 5.71. The second kappa shape index (κ2) is 7.49. The molecule has 0 aromatic heterocycles. The Bertz CT molecular complexity index is 983. The molecule has 0 unspecified atom stereocenters. The van der Waals surface area contributed by atoms with Crippen molar-refractivity contribution in [2.75, 3.05) is 13.7 Å². The van der Waals surface area contributed by atoms with Crippen molar-refractivity contribution in [2.45, 2.75) is 31.9 Å². The monoisotopic (exact) mass is 412 g/mol. The fraction of sp³-hybridized carbons (Fsp3) is 0.381. The molecule has 0 bridgehead atoms. The van der Waals surface area contributed by atoms with Crippen molar-refractivity contribution < 1.29 is 24.6 Å². The summed E-state index contributed by atoms with van der Waals surface area (Å²) in [5.74, 6) is -1.67. The highest BCUT2D eigenvalue weighted by Crippen LogP contribution is 2.46. The Balaban J connectivity index is 1.55. The largest absolute Gasteiger partial charge is 0.477 e. The molecule has 0 spiro atoms. The van der Waals surface area contributed by atoms with Crippen LogP contribution >= 0.6 is 0 Å². The molecule has 0 saturated carbocycles. The molecule has 3 aliphatic rings. The molecule has 3 atom stereocenters. The minimum absolute atomic E-state index is 0.0353. The molecule has 158 valence electrons. The van der Waals surface area contributed by atoms with Gasteiger partial charge in [-0.3, -0.25) is 9.59 Å². The smallest absolute Gasteiger partial charge is 0.352 e. The topological polar surface area (TPSA) is 122 Å². The number of hydrogen-bond donors (Lipinski definition) is 4. The van der Waals surface area contributed by atoms with Crippen LogP contribution in [0.15, 0.2) is 42.0 Å². The van der Waals surface area contributed by atoms with Gasteiger partial charge in [0, 0.05) is 13.2 Å². The molecule has 4 rings (SSSR count). The number of carboxylic acids is 1. The average Bonchev–Trinajstić information content (AvgIpc) is 3.22. The first-order valence-corrected chi connectivity index (χ1v) is 9.79. The number of benzene rings is 1. The zero-order chi connectivity index (χ0) is 21.6. The zero-order valence-corrected chi connectivity index (χ0v) is 16.8. The van der Waals surface area contributed by atoms with Crippen LogP contribution in [-0.2, 0) is 20.8 Å². The number of carboxylic acid groups (broad SMARTS) is 1. The molecular formula is C21H24N4O5. The summed E-state index contributed by atoms with van der Waals surface area (Å²) in [5.41, 5.74) is 1.92. The van der Waals surface area contributed by atoms with E-state index >= 15 is 0 Å². The summed E-state index contributed by atoms with van der Waals surface area (Å²) in [4.78, 5) is 39.8. The maximum absolute atomic E-state index is 12.4. The van der Waals surface area contributed by atoms with Crippen LogP contribution in [0.25, 0.3) is 5.57 Å². The van der Waals surface area contributed by atoms with Crippen LogP contribution in [-0.4, -0.2) is 63.7 Å². The van der Waals surface area contributed by atoms with Crippen LogP contribution in [0, 0.1) is 5.92 Å². The number of nitrogens with one attached hydrogen (secondary N) is 2. The van der Waals surface area contributed by atoms with Gasteiger partial charge in [0.15, 0.2) is 0 Å². The quantitative estimate of drug-likeness (QED) is 0.487. The molecule has 1 aromatic carbocycles. The Morgan fingerprint density at radius 1 is 1.37 bits per heavy atom. The number of hydrogen-bond acceptors (Lipinski definition) is 6. The normalized spacial score (nSPS) is 23.6. The fourth-order valence-corrected chi connectivity index (χ4v) is 4.37. The third-order valence-corrected chi connectivity index (χ3v) is 5.71. The number of β-lactam (4-membered cyclic amide) rings is 1. The SMILES string of the molecule is C[C@@H](O)[C@H]1C(=O)N2C(C(=O)O)=C(c3cccc(CC(=O)NC4=CN(C)CN4)c3)C[C@H]12. The fourth-order valence-electron chi connectivity index (χ4n) is 4.37. The van der Waals surface area contributed by atoms with Crippen molar-refractivity contribution in [3.63, 3.8) is 0 Å². The molecule has 1 fully saturated rings. The molecule has 3 heterocycles. The van der Waals surface area contributed by atoms with Gasteiger partial charge in [0.1, 0.15) is 11.5 Å². The Hall–Kier alpha value is -3.33.